The Labute approximate surface area is 116 Å². The number of methoxy groups -OCH3 is 1. The van der Waals surface area contributed by atoms with Crippen molar-refractivity contribution in [3.63, 3.8) is 0 Å². The molecular formula is C16H26N2O. The molecule has 4 atom stereocenters. The van der Waals surface area contributed by atoms with Crippen molar-refractivity contribution < 1.29 is 4.74 Å². The fraction of sp³-hybridized carbons (Fsp3) is 0.625. The van der Waals surface area contributed by atoms with Crippen molar-refractivity contribution in [2.45, 2.75) is 45.3 Å². The van der Waals surface area contributed by atoms with Gasteiger partial charge in [0.05, 0.1) is 7.11 Å². The molecule has 1 aromatic rings. The number of nitrogens with zero attached hydrogens (tertiary/aromatic N) is 1. The van der Waals surface area contributed by atoms with Crippen molar-refractivity contribution >= 4 is 0 Å². The van der Waals surface area contributed by atoms with Crippen LogP contribution in [0, 0.1) is 5.92 Å². The average Bonchev–Trinajstić information content (AvgIpc) is 2.76. The van der Waals surface area contributed by atoms with E-state index in [0.29, 0.717) is 12.1 Å². The third-order valence-electron chi connectivity index (χ3n) is 4.38. The Hall–Kier alpha value is -1.06. The van der Waals surface area contributed by atoms with E-state index in [1.165, 1.54) is 12.0 Å². The van der Waals surface area contributed by atoms with E-state index in [4.69, 9.17) is 10.5 Å². The number of likely N-dealkylation sites (tertiary alicyclic amines) is 1. The van der Waals surface area contributed by atoms with Gasteiger partial charge >= 0.3 is 0 Å². The molecule has 2 rings (SSSR count). The largest absolute Gasteiger partial charge is 0.497 e. The van der Waals surface area contributed by atoms with E-state index >= 15 is 0 Å². The maximum absolute atomic E-state index is 6.44. The van der Waals surface area contributed by atoms with Crippen LogP contribution in [0.1, 0.15) is 38.8 Å². The summed E-state index contributed by atoms with van der Waals surface area (Å²) in [6, 6.07) is 9.17. The van der Waals surface area contributed by atoms with E-state index < -0.39 is 0 Å². The second-order valence-corrected chi connectivity index (χ2v) is 5.93. The zero-order valence-corrected chi connectivity index (χ0v) is 12.5. The summed E-state index contributed by atoms with van der Waals surface area (Å²) in [6.45, 7) is 8.03. The van der Waals surface area contributed by atoms with Gasteiger partial charge in [-0.15, -0.1) is 0 Å². The Morgan fingerprint density at radius 2 is 1.89 bits per heavy atom. The minimum absolute atomic E-state index is 0.0543. The van der Waals surface area contributed by atoms with Crippen molar-refractivity contribution in [3.05, 3.63) is 29.8 Å². The molecule has 1 aromatic carbocycles. The smallest absolute Gasteiger partial charge is 0.118 e. The van der Waals surface area contributed by atoms with Crippen molar-refractivity contribution in [2.75, 3.05) is 13.7 Å². The Morgan fingerprint density at radius 3 is 2.37 bits per heavy atom. The topological polar surface area (TPSA) is 38.5 Å². The molecule has 0 saturated carbocycles. The lowest BCUT2D eigenvalue weighted by Gasteiger charge is -2.33. The Bertz CT molecular complexity index is 404. The van der Waals surface area contributed by atoms with Gasteiger partial charge in [-0.05, 0) is 43.9 Å². The van der Waals surface area contributed by atoms with E-state index in [9.17, 15) is 0 Å². The second-order valence-electron chi connectivity index (χ2n) is 5.93. The molecule has 0 bridgehead atoms. The highest BCUT2D eigenvalue weighted by atomic mass is 16.5. The molecule has 1 aliphatic rings. The van der Waals surface area contributed by atoms with Crippen LogP contribution in [0.15, 0.2) is 24.3 Å². The van der Waals surface area contributed by atoms with E-state index in [-0.39, 0.29) is 6.04 Å². The zero-order chi connectivity index (χ0) is 14.0. The Balaban J connectivity index is 2.07. The van der Waals surface area contributed by atoms with Crippen molar-refractivity contribution in [1.29, 1.82) is 0 Å². The number of hydrogen-bond acceptors (Lipinski definition) is 3. The normalized spacial score (nSPS) is 27.2. The van der Waals surface area contributed by atoms with Gasteiger partial charge in [0.15, 0.2) is 0 Å². The van der Waals surface area contributed by atoms with Gasteiger partial charge in [-0.3, -0.25) is 4.90 Å². The van der Waals surface area contributed by atoms with Gasteiger partial charge in [-0.25, -0.2) is 0 Å². The molecule has 3 heteroatoms. The third-order valence-corrected chi connectivity index (χ3v) is 4.38. The summed E-state index contributed by atoms with van der Waals surface area (Å²) < 4.78 is 5.19. The summed E-state index contributed by atoms with van der Waals surface area (Å²) in [5.74, 6) is 1.66. The van der Waals surface area contributed by atoms with Gasteiger partial charge in [0.2, 0.25) is 0 Å². The van der Waals surface area contributed by atoms with Crippen LogP contribution in [0.3, 0.4) is 0 Å². The van der Waals surface area contributed by atoms with Crippen LogP contribution in [-0.4, -0.2) is 30.6 Å². The summed E-state index contributed by atoms with van der Waals surface area (Å²) in [4.78, 5) is 2.54. The highest BCUT2D eigenvalue weighted by Gasteiger charge is 2.32. The molecule has 1 aliphatic heterocycles. The molecule has 0 amide bonds. The van der Waals surface area contributed by atoms with Gasteiger partial charge in [0.25, 0.3) is 0 Å². The van der Waals surface area contributed by atoms with Crippen LogP contribution in [0.5, 0.6) is 5.75 Å². The van der Waals surface area contributed by atoms with Crippen LogP contribution < -0.4 is 10.5 Å². The first-order chi connectivity index (χ1) is 9.02. The van der Waals surface area contributed by atoms with E-state index in [1.807, 2.05) is 12.1 Å². The fourth-order valence-corrected chi connectivity index (χ4v) is 3.21. The quantitative estimate of drug-likeness (QED) is 0.907. The first-order valence-electron chi connectivity index (χ1n) is 7.18. The molecule has 0 aromatic heterocycles. The highest BCUT2D eigenvalue weighted by Crippen LogP contribution is 2.29. The summed E-state index contributed by atoms with van der Waals surface area (Å²) in [5.41, 5.74) is 7.62. The number of ether oxygens (including phenoxy) is 1. The second kappa shape index (κ2) is 5.93. The number of nitrogens with two attached hydrogens (primary N) is 1. The maximum atomic E-state index is 6.44. The van der Waals surface area contributed by atoms with Crippen LogP contribution in [-0.2, 0) is 0 Å². The maximum Gasteiger partial charge on any atom is 0.118 e. The van der Waals surface area contributed by atoms with Crippen molar-refractivity contribution in [2.24, 2.45) is 11.7 Å². The van der Waals surface area contributed by atoms with Crippen LogP contribution >= 0.6 is 0 Å². The van der Waals surface area contributed by atoms with E-state index in [0.717, 1.165) is 18.2 Å². The van der Waals surface area contributed by atoms with E-state index in [1.54, 1.807) is 7.11 Å². The van der Waals surface area contributed by atoms with Gasteiger partial charge in [0, 0.05) is 24.7 Å². The van der Waals surface area contributed by atoms with Crippen LogP contribution in [0.4, 0.5) is 0 Å². The summed E-state index contributed by atoms with van der Waals surface area (Å²) in [7, 11) is 1.69. The molecule has 0 aliphatic carbocycles. The molecule has 1 fully saturated rings. The Kier molecular flexibility index (Phi) is 4.48. The molecule has 4 unspecified atom stereocenters. The summed E-state index contributed by atoms with van der Waals surface area (Å²) >= 11 is 0. The van der Waals surface area contributed by atoms with Crippen LogP contribution in [0.25, 0.3) is 0 Å². The minimum Gasteiger partial charge on any atom is -0.497 e. The number of rotatable bonds is 4. The lowest BCUT2D eigenvalue weighted by Crippen LogP contribution is -2.42. The van der Waals surface area contributed by atoms with Gasteiger partial charge in [-0.2, -0.15) is 0 Å². The predicted octanol–water partition coefficient (Wildman–Crippen LogP) is 2.81. The molecule has 1 saturated heterocycles. The Morgan fingerprint density at radius 1 is 1.26 bits per heavy atom. The summed E-state index contributed by atoms with van der Waals surface area (Å²) in [6.07, 6.45) is 1.28. The van der Waals surface area contributed by atoms with Gasteiger partial charge in [0.1, 0.15) is 5.75 Å². The van der Waals surface area contributed by atoms with Gasteiger partial charge < -0.3 is 10.5 Å². The molecule has 106 valence electrons. The van der Waals surface area contributed by atoms with Crippen molar-refractivity contribution in [1.82, 2.24) is 4.90 Å². The molecule has 1 heterocycles. The molecular weight excluding hydrogens is 236 g/mol. The predicted molar refractivity (Wildman–Crippen MR) is 79.3 cm³/mol. The first-order valence-corrected chi connectivity index (χ1v) is 7.18. The standard InChI is InChI=1S/C16H26N2O/c1-11-9-12(2)18(10-11)13(3)16(17)14-5-7-15(19-4)8-6-14/h5-8,11-13,16H,9-10,17H2,1-4H3. The number of benzene rings is 1. The SMILES string of the molecule is COc1ccc(C(N)C(C)N2CC(C)CC2C)cc1. The number of hydrogen-bond donors (Lipinski definition) is 1. The molecule has 0 spiro atoms. The summed E-state index contributed by atoms with van der Waals surface area (Å²) in [5, 5.41) is 0. The van der Waals surface area contributed by atoms with Gasteiger partial charge in [-0.1, -0.05) is 19.1 Å². The minimum atomic E-state index is 0.0543. The highest BCUT2D eigenvalue weighted by molar-refractivity contribution is 5.29. The molecule has 3 nitrogen and oxygen atoms in total. The van der Waals surface area contributed by atoms with Crippen LogP contribution in [0.2, 0.25) is 0 Å². The first kappa shape index (κ1) is 14.4. The lowest BCUT2D eigenvalue weighted by molar-refractivity contribution is 0.175. The third kappa shape index (κ3) is 3.10. The lowest BCUT2D eigenvalue weighted by atomic mass is 9.99. The monoisotopic (exact) mass is 262 g/mol. The molecule has 2 N–H and O–H groups in total. The van der Waals surface area contributed by atoms with Crippen molar-refractivity contribution in [3.8, 4) is 5.75 Å². The average molecular weight is 262 g/mol. The fourth-order valence-electron chi connectivity index (χ4n) is 3.21. The molecule has 19 heavy (non-hydrogen) atoms. The van der Waals surface area contributed by atoms with E-state index in [2.05, 4.69) is 37.8 Å². The molecule has 0 radical (unpaired) electrons. The zero-order valence-electron chi connectivity index (χ0n) is 12.5.